The van der Waals surface area contributed by atoms with Crippen molar-refractivity contribution in [1.82, 2.24) is 4.90 Å². The van der Waals surface area contributed by atoms with Crippen molar-refractivity contribution in [3.8, 4) is 0 Å². The Balaban J connectivity index is 1.56. The minimum absolute atomic E-state index is 0.437. The molecule has 1 aromatic carbocycles. The maximum Gasteiger partial charge on any atom is 0.102 e. The fraction of sp³-hybridized carbons (Fsp3) is 0.619. The largest absolute Gasteiger partial charge is 0.356 e. The van der Waals surface area contributed by atoms with Gasteiger partial charge in [-0.3, -0.25) is 0 Å². The summed E-state index contributed by atoms with van der Waals surface area (Å²) < 4.78 is 0. The lowest BCUT2D eigenvalue weighted by molar-refractivity contribution is 0.309. The molecule has 1 atom stereocenters. The molecule has 0 fully saturated rings. The molecular formula is C21H34N2. The average molecular weight is 315 g/mol. The van der Waals surface area contributed by atoms with Crippen molar-refractivity contribution in [1.29, 1.82) is 0 Å². The molecule has 0 amide bonds. The van der Waals surface area contributed by atoms with E-state index < -0.39 is 0 Å². The van der Waals surface area contributed by atoms with E-state index in [2.05, 4.69) is 66.4 Å². The van der Waals surface area contributed by atoms with Crippen LogP contribution in [0.25, 0.3) is 0 Å². The van der Waals surface area contributed by atoms with Gasteiger partial charge < -0.3 is 9.80 Å². The first-order valence-corrected chi connectivity index (χ1v) is 9.60. The summed E-state index contributed by atoms with van der Waals surface area (Å²) in [5.41, 5.74) is 1.28. The minimum Gasteiger partial charge on any atom is -0.356 e. The highest BCUT2D eigenvalue weighted by atomic mass is 15.4. The average Bonchev–Trinajstić information content (AvgIpc) is 2.95. The Morgan fingerprint density at radius 3 is 2.04 bits per heavy atom. The van der Waals surface area contributed by atoms with Gasteiger partial charge in [0.2, 0.25) is 0 Å². The van der Waals surface area contributed by atoms with Crippen LogP contribution >= 0.6 is 0 Å². The van der Waals surface area contributed by atoms with Gasteiger partial charge in [0.15, 0.2) is 0 Å². The summed E-state index contributed by atoms with van der Waals surface area (Å²) in [6.07, 6.45) is 17.5. The van der Waals surface area contributed by atoms with Gasteiger partial charge in [0.05, 0.1) is 0 Å². The van der Waals surface area contributed by atoms with Crippen LogP contribution in [-0.4, -0.2) is 17.6 Å². The van der Waals surface area contributed by atoms with Crippen LogP contribution in [-0.2, 0) is 0 Å². The van der Waals surface area contributed by atoms with E-state index in [1.165, 1.54) is 70.0 Å². The molecule has 2 rings (SSSR count). The van der Waals surface area contributed by atoms with Crippen LogP contribution in [0.15, 0.2) is 42.7 Å². The third-order valence-electron chi connectivity index (χ3n) is 4.88. The molecule has 0 aliphatic carbocycles. The maximum atomic E-state index is 2.47. The Hall–Kier alpha value is -1.44. The Kier molecular flexibility index (Phi) is 8.06. The summed E-state index contributed by atoms with van der Waals surface area (Å²) in [5.74, 6) is 0. The lowest BCUT2D eigenvalue weighted by atomic mass is 10.1. The van der Waals surface area contributed by atoms with Crippen LogP contribution in [0.3, 0.4) is 0 Å². The fourth-order valence-electron chi connectivity index (χ4n) is 3.33. The highest BCUT2D eigenvalue weighted by Gasteiger charge is 2.22. The van der Waals surface area contributed by atoms with E-state index >= 15 is 0 Å². The molecule has 0 saturated carbocycles. The van der Waals surface area contributed by atoms with Gasteiger partial charge in [-0.05, 0) is 25.5 Å². The summed E-state index contributed by atoms with van der Waals surface area (Å²) in [6.45, 7) is 5.75. The van der Waals surface area contributed by atoms with Crippen molar-refractivity contribution in [2.24, 2.45) is 0 Å². The predicted octanol–water partition coefficient (Wildman–Crippen LogP) is 6.16. The second kappa shape index (κ2) is 10.4. The van der Waals surface area contributed by atoms with Crippen molar-refractivity contribution in [3.63, 3.8) is 0 Å². The molecular weight excluding hydrogens is 280 g/mol. The molecule has 23 heavy (non-hydrogen) atoms. The van der Waals surface area contributed by atoms with Crippen molar-refractivity contribution in [3.05, 3.63) is 42.7 Å². The number of unbranched alkanes of at least 4 members (excludes halogenated alkanes) is 8. The molecule has 0 bridgehead atoms. The normalized spacial score (nSPS) is 17.2. The van der Waals surface area contributed by atoms with Crippen LogP contribution in [0, 0.1) is 0 Å². The molecule has 0 N–H and O–H groups in total. The lowest BCUT2D eigenvalue weighted by Crippen LogP contribution is -2.36. The first-order chi connectivity index (χ1) is 11.3. The zero-order chi connectivity index (χ0) is 16.3. The van der Waals surface area contributed by atoms with Crippen LogP contribution in [0.5, 0.6) is 0 Å². The maximum absolute atomic E-state index is 2.47. The number of hydrogen-bond acceptors (Lipinski definition) is 2. The minimum atomic E-state index is 0.437. The summed E-state index contributed by atoms with van der Waals surface area (Å²) in [5, 5.41) is 0. The Labute approximate surface area is 143 Å². The van der Waals surface area contributed by atoms with Crippen LogP contribution in [0.4, 0.5) is 5.69 Å². The van der Waals surface area contributed by atoms with Crippen LogP contribution in [0.2, 0.25) is 0 Å². The summed E-state index contributed by atoms with van der Waals surface area (Å²) in [4.78, 5) is 4.82. The number of nitrogens with zero attached hydrogens (tertiary/aromatic N) is 2. The standard InChI is InChI=1S/C21H34N2/c1-3-4-5-6-7-8-9-10-14-17-22-18-19-23(20(22)2)21-15-12-11-13-16-21/h11-13,15-16,18-20H,3-10,14,17H2,1-2H3. The van der Waals surface area contributed by atoms with E-state index in [1.807, 2.05) is 0 Å². The van der Waals surface area contributed by atoms with Gasteiger partial charge in [0.1, 0.15) is 6.17 Å². The van der Waals surface area contributed by atoms with E-state index in [0.29, 0.717) is 6.17 Å². The Bertz CT molecular complexity index is 440. The van der Waals surface area contributed by atoms with Crippen molar-refractivity contribution < 1.29 is 0 Å². The zero-order valence-corrected chi connectivity index (χ0v) is 15.1. The second-order valence-electron chi connectivity index (χ2n) is 6.74. The molecule has 1 heterocycles. The predicted molar refractivity (Wildman–Crippen MR) is 101 cm³/mol. The first kappa shape index (κ1) is 17.9. The van der Waals surface area contributed by atoms with Crippen molar-refractivity contribution in [2.45, 2.75) is 77.8 Å². The second-order valence-corrected chi connectivity index (χ2v) is 6.74. The summed E-state index contributed by atoms with van der Waals surface area (Å²) in [6, 6.07) is 10.7. The number of para-hydroxylation sites is 1. The van der Waals surface area contributed by atoms with Crippen molar-refractivity contribution in [2.75, 3.05) is 11.4 Å². The molecule has 1 aliphatic rings. The van der Waals surface area contributed by atoms with Gasteiger partial charge in [-0.15, -0.1) is 0 Å². The molecule has 0 spiro atoms. The van der Waals surface area contributed by atoms with E-state index in [9.17, 15) is 0 Å². The van der Waals surface area contributed by atoms with Crippen molar-refractivity contribution >= 4 is 5.69 Å². The number of hydrogen-bond donors (Lipinski definition) is 0. The van der Waals surface area contributed by atoms with Gasteiger partial charge >= 0.3 is 0 Å². The fourth-order valence-corrected chi connectivity index (χ4v) is 3.33. The van der Waals surface area contributed by atoms with Gasteiger partial charge in [0, 0.05) is 24.6 Å². The highest BCUT2D eigenvalue weighted by molar-refractivity contribution is 5.51. The highest BCUT2D eigenvalue weighted by Crippen LogP contribution is 2.24. The monoisotopic (exact) mass is 314 g/mol. The van der Waals surface area contributed by atoms with Gasteiger partial charge in [-0.2, -0.15) is 0 Å². The Morgan fingerprint density at radius 2 is 1.39 bits per heavy atom. The SMILES string of the molecule is CCCCCCCCCCCN1C=CN(c2ccccc2)C1C. The number of rotatable bonds is 11. The third-order valence-corrected chi connectivity index (χ3v) is 4.88. The van der Waals surface area contributed by atoms with Crippen LogP contribution < -0.4 is 4.90 Å². The molecule has 1 aromatic rings. The molecule has 0 aromatic heterocycles. The quantitative estimate of drug-likeness (QED) is 0.451. The van der Waals surface area contributed by atoms with E-state index in [0.717, 1.165) is 0 Å². The lowest BCUT2D eigenvalue weighted by Gasteiger charge is -2.29. The summed E-state index contributed by atoms with van der Waals surface area (Å²) >= 11 is 0. The smallest absolute Gasteiger partial charge is 0.102 e. The van der Waals surface area contributed by atoms with Gasteiger partial charge in [-0.1, -0.05) is 76.5 Å². The molecule has 1 aliphatic heterocycles. The zero-order valence-electron chi connectivity index (χ0n) is 15.1. The van der Waals surface area contributed by atoms with E-state index in [4.69, 9.17) is 0 Å². The van der Waals surface area contributed by atoms with Gasteiger partial charge in [0.25, 0.3) is 0 Å². The molecule has 0 radical (unpaired) electrons. The summed E-state index contributed by atoms with van der Waals surface area (Å²) in [7, 11) is 0. The Morgan fingerprint density at radius 1 is 0.783 bits per heavy atom. The topological polar surface area (TPSA) is 6.48 Å². The third kappa shape index (κ3) is 5.93. The molecule has 2 nitrogen and oxygen atoms in total. The molecule has 0 saturated heterocycles. The number of benzene rings is 1. The van der Waals surface area contributed by atoms with Crippen LogP contribution in [0.1, 0.15) is 71.6 Å². The van der Waals surface area contributed by atoms with Gasteiger partial charge in [-0.25, -0.2) is 0 Å². The molecule has 2 heteroatoms. The molecule has 1 unspecified atom stereocenters. The van der Waals surface area contributed by atoms with E-state index in [-0.39, 0.29) is 0 Å². The number of anilines is 1. The first-order valence-electron chi connectivity index (χ1n) is 9.60. The van der Waals surface area contributed by atoms with E-state index in [1.54, 1.807) is 0 Å². The molecule has 128 valence electrons.